The van der Waals surface area contributed by atoms with E-state index in [1.807, 2.05) is 19.0 Å². The van der Waals surface area contributed by atoms with Gasteiger partial charge in [0, 0.05) is 25.7 Å². The van der Waals surface area contributed by atoms with Crippen LogP contribution in [0.2, 0.25) is 0 Å². The van der Waals surface area contributed by atoms with Crippen molar-refractivity contribution < 1.29 is 14.7 Å². The fraction of sp³-hybridized carbons (Fsp3) is 0.846. The number of aliphatic carboxylic acids is 1. The first-order valence-corrected chi connectivity index (χ1v) is 6.72. The second kappa shape index (κ2) is 6.75. The van der Waals surface area contributed by atoms with E-state index in [0.29, 0.717) is 19.0 Å². The molecular formula is C13H25N3O3. The second-order valence-corrected chi connectivity index (χ2v) is 5.98. The SMILES string of the molecule is CC(C)CC(CN(C)C)NC(=O)N1CC(C(=O)O)C1. The zero-order valence-electron chi connectivity index (χ0n) is 12.2. The van der Waals surface area contributed by atoms with Gasteiger partial charge < -0.3 is 20.2 Å². The summed E-state index contributed by atoms with van der Waals surface area (Å²) in [6.07, 6.45) is 0.917. The number of rotatable bonds is 6. The number of hydrogen-bond donors (Lipinski definition) is 2. The van der Waals surface area contributed by atoms with Crippen molar-refractivity contribution >= 4 is 12.0 Å². The summed E-state index contributed by atoms with van der Waals surface area (Å²) in [6, 6.07) is -0.0450. The highest BCUT2D eigenvalue weighted by Gasteiger charge is 2.36. The molecule has 1 saturated heterocycles. The quantitative estimate of drug-likeness (QED) is 0.745. The van der Waals surface area contributed by atoms with Crippen molar-refractivity contribution in [3.63, 3.8) is 0 Å². The summed E-state index contributed by atoms with van der Waals surface area (Å²) < 4.78 is 0. The minimum atomic E-state index is -0.823. The van der Waals surface area contributed by atoms with E-state index in [0.717, 1.165) is 13.0 Å². The van der Waals surface area contributed by atoms with Gasteiger partial charge in [0.2, 0.25) is 0 Å². The van der Waals surface area contributed by atoms with Crippen molar-refractivity contribution in [2.45, 2.75) is 26.3 Å². The Morgan fingerprint density at radius 1 is 1.37 bits per heavy atom. The van der Waals surface area contributed by atoms with Gasteiger partial charge in [0.1, 0.15) is 0 Å². The number of carboxylic acids is 1. The number of urea groups is 1. The summed E-state index contributed by atoms with van der Waals surface area (Å²) >= 11 is 0. The molecule has 1 rings (SSSR count). The molecular weight excluding hydrogens is 246 g/mol. The van der Waals surface area contributed by atoms with E-state index in [1.54, 1.807) is 4.90 Å². The molecule has 2 amide bonds. The van der Waals surface area contributed by atoms with Crippen LogP contribution in [-0.2, 0) is 4.79 Å². The molecule has 0 aromatic carbocycles. The van der Waals surface area contributed by atoms with Gasteiger partial charge in [-0.25, -0.2) is 4.79 Å². The molecule has 6 heteroatoms. The Hall–Kier alpha value is -1.30. The molecule has 0 aromatic rings. The topological polar surface area (TPSA) is 72.9 Å². The van der Waals surface area contributed by atoms with E-state index < -0.39 is 11.9 Å². The molecule has 2 N–H and O–H groups in total. The highest BCUT2D eigenvalue weighted by Crippen LogP contribution is 2.16. The van der Waals surface area contributed by atoms with Crippen molar-refractivity contribution in [2.24, 2.45) is 11.8 Å². The van der Waals surface area contributed by atoms with Crippen molar-refractivity contribution in [3.05, 3.63) is 0 Å². The smallest absolute Gasteiger partial charge is 0.317 e. The molecule has 0 saturated carbocycles. The average Bonchev–Trinajstić information content (AvgIpc) is 2.10. The average molecular weight is 271 g/mol. The van der Waals surface area contributed by atoms with Gasteiger partial charge in [0.15, 0.2) is 0 Å². The maximum atomic E-state index is 12.0. The number of likely N-dealkylation sites (N-methyl/N-ethyl adjacent to an activating group) is 1. The van der Waals surface area contributed by atoms with Crippen LogP contribution in [0.15, 0.2) is 0 Å². The Morgan fingerprint density at radius 3 is 2.37 bits per heavy atom. The third kappa shape index (κ3) is 5.06. The Balaban J connectivity index is 2.41. The Kier molecular flexibility index (Phi) is 5.60. The maximum Gasteiger partial charge on any atom is 0.317 e. The summed E-state index contributed by atoms with van der Waals surface area (Å²) in [5.41, 5.74) is 0. The first kappa shape index (κ1) is 15.8. The highest BCUT2D eigenvalue weighted by atomic mass is 16.4. The minimum Gasteiger partial charge on any atom is -0.481 e. The van der Waals surface area contributed by atoms with Gasteiger partial charge in [0.05, 0.1) is 5.92 Å². The van der Waals surface area contributed by atoms with Crippen molar-refractivity contribution in [3.8, 4) is 0 Å². The van der Waals surface area contributed by atoms with Gasteiger partial charge in [-0.2, -0.15) is 0 Å². The third-order valence-electron chi connectivity index (χ3n) is 3.19. The molecule has 1 heterocycles. The Bertz CT molecular complexity index is 315. The third-order valence-corrected chi connectivity index (χ3v) is 3.19. The van der Waals surface area contributed by atoms with Crippen LogP contribution in [0.3, 0.4) is 0 Å². The summed E-state index contributed by atoms with van der Waals surface area (Å²) in [7, 11) is 3.95. The minimum absolute atomic E-state index is 0.103. The monoisotopic (exact) mass is 271 g/mol. The Labute approximate surface area is 114 Å². The van der Waals surface area contributed by atoms with Crippen molar-refractivity contribution in [1.82, 2.24) is 15.1 Å². The predicted octanol–water partition coefficient (Wildman–Crippen LogP) is 0.689. The summed E-state index contributed by atoms with van der Waals surface area (Å²) in [6.45, 7) is 5.67. The van der Waals surface area contributed by atoms with Crippen LogP contribution < -0.4 is 5.32 Å². The van der Waals surface area contributed by atoms with Gasteiger partial charge in [-0.05, 0) is 26.4 Å². The lowest BCUT2D eigenvalue weighted by Gasteiger charge is -2.38. The van der Waals surface area contributed by atoms with E-state index >= 15 is 0 Å². The molecule has 0 spiro atoms. The fourth-order valence-corrected chi connectivity index (χ4v) is 2.26. The van der Waals surface area contributed by atoms with E-state index in [9.17, 15) is 9.59 Å². The Morgan fingerprint density at radius 2 is 1.95 bits per heavy atom. The molecule has 0 aromatic heterocycles. The first-order chi connectivity index (χ1) is 8.79. The summed E-state index contributed by atoms with van der Waals surface area (Å²) in [5, 5.41) is 11.8. The highest BCUT2D eigenvalue weighted by molar-refractivity contribution is 5.79. The van der Waals surface area contributed by atoms with E-state index in [2.05, 4.69) is 19.2 Å². The second-order valence-electron chi connectivity index (χ2n) is 5.98. The molecule has 1 fully saturated rings. The number of likely N-dealkylation sites (tertiary alicyclic amines) is 1. The van der Waals surface area contributed by atoms with Crippen LogP contribution in [0.4, 0.5) is 4.79 Å². The lowest BCUT2D eigenvalue weighted by atomic mass is 10.0. The molecule has 0 bridgehead atoms. The zero-order chi connectivity index (χ0) is 14.6. The molecule has 1 aliphatic rings. The van der Waals surface area contributed by atoms with E-state index in [4.69, 9.17) is 5.11 Å². The number of nitrogens with one attached hydrogen (secondary N) is 1. The van der Waals surface area contributed by atoms with Gasteiger partial charge >= 0.3 is 12.0 Å². The molecule has 1 atom stereocenters. The standard InChI is InChI=1S/C13H25N3O3/c1-9(2)5-11(8-15(3)4)14-13(19)16-6-10(7-16)12(17)18/h9-11H,5-8H2,1-4H3,(H,14,19)(H,17,18). The van der Waals surface area contributed by atoms with Crippen molar-refractivity contribution in [2.75, 3.05) is 33.7 Å². The molecule has 1 unspecified atom stereocenters. The van der Waals surface area contributed by atoms with Gasteiger partial charge in [-0.3, -0.25) is 4.79 Å². The number of carboxylic acid groups (broad SMARTS) is 1. The summed E-state index contributed by atoms with van der Waals surface area (Å²) in [5.74, 6) is -0.715. The van der Waals surface area contributed by atoms with E-state index in [1.165, 1.54) is 0 Å². The predicted molar refractivity (Wildman–Crippen MR) is 73.0 cm³/mol. The van der Waals surface area contributed by atoms with Crippen LogP contribution >= 0.6 is 0 Å². The van der Waals surface area contributed by atoms with Gasteiger partial charge in [0.25, 0.3) is 0 Å². The van der Waals surface area contributed by atoms with Gasteiger partial charge in [-0.1, -0.05) is 13.8 Å². The van der Waals surface area contributed by atoms with Crippen LogP contribution in [0.5, 0.6) is 0 Å². The fourth-order valence-electron chi connectivity index (χ4n) is 2.26. The molecule has 0 radical (unpaired) electrons. The first-order valence-electron chi connectivity index (χ1n) is 6.72. The normalized spacial score (nSPS) is 17.5. The van der Waals surface area contributed by atoms with Gasteiger partial charge in [-0.15, -0.1) is 0 Å². The lowest BCUT2D eigenvalue weighted by molar-refractivity contribution is -0.146. The van der Waals surface area contributed by atoms with Crippen LogP contribution in [0.1, 0.15) is 20.3 Å². The molecule has 19 heavy (non-hydrogen) atoms. The number of carbonyl (C=O) groups excluding carboxylic acids is 1. The van der Waals surface area contributed by atoms with Crippen LogP contribution in [0.25, 0.3) is 0 Å². The van der Waals surface area contributed by atoms with Crippen molar-refractivity contribution in [1.29, 1.82) is 0 Å². The molecule has 110 valence electrons. The van der Waals surface area contributed by atoms with Crippen LogP contribution in [0, 0.1) is 11.8 Å². The number of nitrogens with zero attached hydrogens (tertiary/aromatic N) is 2. The number of amides is 2. The number of hydrogen-bond acceptors (Lipinski definition) is 3. The number of carbonyl (C=O) groups is 2. The van der Waals surface area contributed by atoms with Crippen LogP contribution in [-0.4, -0.2) is 66.7 Å². The molecule has 1 aliphatic heterocycles. The summed E-state index contributed by atoms with van der Waals surface area (Å²) in [4.78, 5) is 26.3. The lowest BCUT2D eigenvalue weighted by Crippen LogP contribution is -2.58. The largest absolute Gasteiger partial charge is 0.481 e. The van der Waals surface area contributed by atoms with E-state index in [-0.39, 0.29) is 12.1 Å². The maximum absolute atomic E-state index is 12.0. The molecule has 6 nitrogen and oxygen atoms in total. The molecule has 0 aliphatic carbocycles. The zero-order valence-corrected chi connectivity index (χ0v) is 12.2.